The second kappa shape index (κ2) is 19.9. The maximum atomic E-state index is 5.41. The molecular formula is C74H55N5. The highest BCUT2D eigenvalue weighted by Crippen LogP contribution is 2.46. The summed E-state index contributed by atoms with van der Waals surface area (Å²) in [7, 11) is 0. The van der Waals surface area contributed by atoms with Crippen molar-refractivity contribution in [2.24, 2.45) is 5.92 Å². The fraction of sp³-hybridized carbons (Fsp3) is 0.0676. The third kappa shape index (κ3) is 8.57. The van der Waals surface area contributed by atoms with Gasteiger partial charge in [-0.05, 0) is 105 Å². The van der Waals surface area contributed by atoms with Crippen LogP contribution in [0.2, 0.25) is 0 Å². The van der Waals surface area contributed by atoms with Crippen LogP contribution in [0.3, 0.4) is 0 Å². The number of hydrogen-bond acceptors (Lipinski definition) is 3. The third-order valence-electron chi connectivity index (χ3n) is 16.0. The van der Waals surface area contributed by atoms with Gasteiger partial charge in [-0.2, -0.15) is 0 Å². The molecule has 0 amide bonds. The van der Waals surface area contributed by atoms with Crippen LogP contribution in [0.4, 0.5) is 0 Å². The average Bonchev–Trinajstić information content (AvgIpc) is 4.28. The summed E-state index contributed by atoms with van der Waals surface area (Å²) < 4.78 is 4.95. The fourth-order valence-corrected chi connectivity index (χ4v) is 11.6. The SMILES string of the molecule is CC(C)C(C)c1ccc2c(c1)c1cc(-n3c4ccccc4c4ccccc43)ccc1n2-c1c(-c2ccccc2)cc(-c2nc(-c3ccc(-c4ccccc4)cc3)nc(-c3ccc(-c4ccccc4)cc3)n2)cc1-c1ccccc1. The van der Waals surface area contributed by atoms with E-state index in [-0.39, 0.29) is 0 Å². The Morgan fingerprint density at radius 3 is 1.11 bits per heavy atom. The first-order chi connectivity index (χ1) is 38.9. The topological polar surface area (TPSA) is 48.5 Å². The van der Waals surface area contributed by atoms with Crippen molar-refractivity contribution in [3.63, 3.8) is 0 Å². The van der Waals surface area contributed by atoms with Gasteiger partial charge in [0.2, 0.25) is 0 Å². The van der Waals surface area contributed by atoms with Crippen molar-refractivity contribution < 1.29 is 0 Å². The minimum Gasteiger partial charge on any atom is -0.309 e. The second-order valence-corrected chi connectivity index (χ2v) is 21.1. The lowest BCUT2D eigenvalue weighted by Gasteiger charge is -2.21. The third-order valence-corrected chi connectivity index (χ3v) is 16.0. The first-order valence-corrected chi connectivity index (χ1v) is 27.4. The van der Waals surface area contributed by atoms with Crippen molar-refractivity contribution in [2.45, 2.75) is 26.7 Å². The average molecular weight is 1010 g/mol. The second-order valence-electron chi connectivity index (χ2n) is 21.1. The smallest absolute Gasteiger partial charge is 0.164 e. The molecule has 376 valence electrons. The Morgan fingerprint density at radius 1 is 0.278 bits per heavy atom. The van der Waals surface area contributed by atoms with Crippen LogP contribution in [-0.4, -0.2) is 24.1 Å². The summed E-state index contributed by atoms with van der Waals surface area (Å²) in [6.45, 7) is 6.99. The molecule has 0 saturated heterocycles. The molecule has 14 aromatic rings. The lowest BCUT2D eigenvalue weighted by atomic mass is 9.89. The molecule has 79 heavy (non-hydrogen) atoms. The number of benzene rings is 11. The van der Waals surface area contributed by atoms with Crippen LogP contribution in [-0.2, 0) is 0 Å². The molecule has 0 fully saturated rings. The predicted molar refractivity (Wildman–Crippen MR) is 330 cm³/mol. The van der Waals surface area contributed by atoms with Gasteiger partial charge in [0.05, 0.1) is 27.8 Å². The van der Waals surface area contributed by atoms with Crippen LogP contribution < -0.4 is 0 Å². The van der Waals surface area contributed by atoms with E-state index in [1.807, 2.05) is 12.1 Å². The zero-order valence-corrected chi connectivity index (χ0v) is 44.3. The van der Waals surface area contributed by atoms with E-state index in [0.29, 0.717) is 29.3 Å². The molecule has 11 aromatic carbocycles. The van der Waals surface area contributed by atoms with Crippen LogP contribution in [0.1, 0.15) is 32.3 Å². The molecule has 3 aromatic heterocycles. The van der Waals surface area contributed by atoms with Crippen LogP contribution >= 0.6 is 0 Å². The lowest BCUT2D eigenvalue weighted by molar-refractivity contribution is 0.535. The Labute approximate surface area is 460 Å². The normalized spacial score (nSPS) is 12.1. The molecule has 0 bridgehead atoms. The molecule has 5 nitrogen and oxygen atoms in total. The molecule has 5 heteroatoms. The summed E-state index contributed by atoms with van der Waals surface area (Å²) in [5.41, 5.74) is 19.7. The molecule has 1 unspecified atom stereocenters. The molecular weight excluding hydrogens is 959 g/mol. The molecule has 1 atom stereocenters. The molecule has 3 heterocycles. The van der Waals surface area contributed by atoms with Crippen molar-refractivity contribution in [1.29, 1.82) is 0 Å². The van der Waals surface area contributed by atoms with E-state index in [1.165, 1.54) is 38.1 Å². The summed E-state index contributed by atoms with van der Waals surface area (Å²) in [6.07, 6.45) is 0. The van der Waals surface area contributed by atoms with Gasteiger partial charge < -0.3 is 9.13 Å². The Bertz CT molecular complexity index is 4330. The maximum Gasteiger partial charge on any atom is 0.164 e. The number of nitrogens with zero attached hydrogens (tertiary/aromatic N) is 5. The maximum absolute atomic E-state index is 5.41. The van der Waals surface area contributed by atoms with Gasteiger partial charge in [0.25, 0.3) is 0 Å². The molecule has 0 spiro atoms. The zero-order chi connectivity index (χ0) is 53.0. The highest BCUT2D eigenvalue weighted by Gasteiger charge is 2.25. The highest BCUT2D eigenvalue weighted by molar-refractivity contribution is 6.13. The molecule has 14 rings (SSSR count). The van der Waals surface area contributed by atoms with Crippen LogP contribution in [0.15, 0.2) is 267 Å². The van der Waals surface area contributed by atoms with Crippen molar-refractivity contribution in [1.82, 2.24) is 24.1 Å². The van der Waals surface area contributed by atoms with E-state index in [9.17, 15) is 0 Å². The number of fused-ring (bicyclic) bond motifs is 6. The first kappa shape index (κ1) is 47.5. The van der Waals surface area contributed by atoms with E-state index in [1.54, 1.807) is 0 Å². The van der Waals surface area contributed by atoms with Gasteiger partial charge in [-0.3, -0.25) is 0 Å². The Kier molecular flexibility index (Phi) is 11.9. The highest BCUT2D eigenvalue weighted by atomic mass is 15.0. The van der Waals surface area contributed by atoms with Gasteiger partial charge in [-0.1, -0.05) is 233 Å². The quantitative estimate of drug-likeness (QED) is 0.130. The van der Waals surface area contributed by atoms with Crippen LogP contribution in [0.5, 0.6) is 0 Å². The minimum absolute atomic E-state index is 0.362. The van der Waals surface area contributed by atoms with Crippen molar-refractivity contribution in [3.8, 4) is 90.0 Å². The molecule has 0 saturated carbocycles. The largest absolute Gasteiger partial charge is 0.309 e. The van der Waals surface area contributed by atoms with Gasteiger partial charge in [-0.25, -0.2) is 15.0 Å². The minimum atomic E-state index is 0.362. The standard InChI is InChI=1S/C74H55N5/c1-48(2)49(3)58-40-42-69-65(44-58)66-47-60(78-67-30-18-16-28-61(67)62-29-17-19-31-68(62)78)41-43-70(66)79(69)71-63(54-24-12-6-13-25-54)45-59(46-64(71)55-26-14-7-15-27-55)74-76-72(56-36-32-52(33-37-56)50-20-8-4-9-21-50)75-73(77-74)57-38-34-53(35-39-57)51-22-10-5-11-23-51/h4-49H,1-3H3. The monoisotopic (exact) mass is 1010 g/mol. The van der Waals surface area contributed by atoms with Gasteiger partial charge >= 0.3 is 0 Å². The van der Waals surface area contributed by atoms with E-state index in [0.717, 1.165) is 83.6 Å². The molecule has 0 radical (unpaired) electrons. The lowest BCUT2D eigenvalue weighted by Crippen LogP contribution is -2.04. The number of hydrogen-bond donors (Lipinski definition) is 0. The Balaban J connectivity index is 1.03. The van der Waals surface area contributed by atoms with Gasteiger partial charge in [0.15, 0.2) is 17.5 Å². The van der Waals surface area contributed by atoms with E-state index in [4.69, 9.17) is 15.0 Å². The summed E-state index contributed by atoms with van der Waals surface area (Å²) in [6, 6.07) is 96.1. The number of para-hydroxylation sites is 2. The first-order valence-electron chi connectivity index (χ1n) is 27.4. The van der Waals surface area contributed by atoms with Gasteiger partial charge in [-0.15, -0.1) is 0 Å². The molecule has 0 N–H and O–H groups in total. The van der Waals surface area contributed by atoms with Crippen molar-refractivity contribution in [2.75, 3.05) is 0 Å². The Morgan fingerprint density at radius 2 is 0.646 bits per heavy atom. The molecule has 0 aliphatic rings. The van der Waals surface area contributed by atoms with Gasteiger partial charge in [0, 0.05) is 55.0 Å². The molecule has 0 aliphatic heterocycles. The number of aromatic nitrogens is 5. The van der Waals surface area contributed by atoms with E-state index in [2.05, 4.69) is 285 Å². The van der Waals surface area contributed by atoms with E-state index >= 15 is 0 Å². The van der Waals surface area contributed by atoms with Crippen LogP contribution in [0, 0.1) is 5.92 Å². The fourth-order valence-electron chi connectivity index (χ4n) is 11.6. The van der Waals surface area contributed by atoms with Crippen LogP contribution in [0.25, 0.3) is 134 Å². The van der Waals surface area contributed by atoms with Crippen molar-refractivity contribution in [3.05, 3.63) is 272 Å². The molecule has 0 aliphatic carbocycles. The summed E-state index contributed by atoms with van der Waals surface area (Å²) in [5, 5.41) is 4.90. The zero-order valence-electron chi connectivity index (χ0n) is 44.3. The summed E-state index contributed by atoms with van der Waals surface area (Å²) in [4.78, 5) is 16.1. The van der Waals surface area contributed by atoms with E-state index < -0.39 is 0 Å². The predicted octanol–water partition coefficient (Wildman–Crippen LogP) is 19.5. The van der Waals surface area contributed by atoms with Gasteiger partial charge in [0.1, 0.15) is 0 Å². The van der Waals surface area contributed by atoms with Crippen molar-refractivity contribution >= 4 is 43.6 Å². The Hall–Kier alpha value is -9.97. The summed E-state index contributed by atoms with van der Waals surface area (Å²) in [5.74, 6) is 2.63. The summed E-state index contributed by atoms with van der Waals surface area (Å²) >= 11 is 0. The number of rotatable bonds is 11.